The van der Waals surface area contributed by atoms with Crippen molar-refractivity contribution in [3.05, 3.63) is 57.3 Å². The zero-order valence-corrected chi connectivity index (χ0v) is 14.4. The molecule has 0 aliphatic carbocycles. The smallest absolute Gasteiger partial charge is 0.416 e. The van der Waals surface area contributed by atoms with Gasteiger partial charge in [0.05, 0.1) is 18.7 Å². The molecule has 1 aromatic heterocycles. The van der Waals surface area contributed by atoms with Gasteiger partial charge in [-0.3, -0.25) is 4.79 Å². The van der Waals surface area contributed by atoms with Gasteiger partial charge in [0, 0.05) is 21.4 Å². The summed E-state index contributed by atoms with van der Waals surface area (Å²) in [7, 11) is 0. The number of rotatable bonds is 3. The van der Waals surface area contributed by atoms with Crippen molar-refractivity contribution in [2.45, 2.75) is 12.3 Å². The number of aromatic nitrogens is 1. The van der Waals surface area contributed by atoms with E-state index < -0.39 is 11.7 Å². The lowest BCUT2D eigenvalue weighted by Gasteiger charge is -2.38. The Balaban J connectivity index is 1.59. The lowest BCUT2D eigenvalue weighted by atomic mass is 10.1. The molecule has 0 N–H and O–H groups in total. The Morgan fingerprint density at radius 3 is 2.67 bits per heavy atom. The second kappa shape index (κ2) is 6.58. The van der Waals surface area contributed by atoms with Gasteiger partial charge in [0.15, 0.2) is 0 Å². The first-order valence-electron chi connectivity index (χ1n) is 7.07. The molecule has 8 heteroatoms. The fourth-order valence-electron chi connectivity index (χ4n) is 2.30. The van der Waals surface area contributed by atoms with Crippen molar-refractivity contribution in [3.63, 3.8) is 0 Å². The molecule has 3 rings (SSSR count). The van der Waals surface area contributed by atoms with Gasteiger partial charge in [-0.15, -0.1) is 0 Å². The minimum Gasteiger partial charge on any atom is -0.471 e. The maximum absolute atomic E-state index is 12.7. The second-order valence-electron chi connectivity index (χ2n) is 5.34. The molecule has 1 amide bonds. The number of ether oxygens (including phenoxy) is 1. The predicted octanol–water partition coefficient (Wildman–Crippen LogP) is 3.61. The van der Waals surface area contributed by atoms with E-state index >= 15 is 0 Å². The van der Waals surface area contributed by atoms with Crippen molar-refractivity contribution < 1.29 is 22.7 Å². The summed E-state index contributed by atoms with van der Waals surface area (Å²) >= 11 is 2.13. The number of nitrogens with zero attached hydrogens (tertiary/aromatic N) is 2. The molecule has 0 saturated carbocycles. The molecule has 0 radical (unpaired) electrons. The SMILES string of the molecule is O=C(c1cccc(I)c1)N1CC(Oc2cc(C(F)(F)F)ccn2)C1. The first kappa shape index (κ1) is 17.0. The van der Waals surface area contributed by atoms with Gasteiger partial charge >= 0.3 is 6.18 Å². The summed E-state index contributed by atoms with van der Waals surface area (Å²) in [5, 5.41) is 0. The molecule has 0 bridgehead atoms. The molecule has 2 aromatic rings. The van der Waals surface area contributed by atoms with Crippen molar-refractivity contribution in [1.29, 1.82) is 0 Å². The van der Waals surface area contributed by atoms with Crippen LogP contribution in [0.1, 0.15) is 15.9 Å². The molecule has 0 atom stereocenters. The largest absolute Gasteiger partial charge is 0.471 e. The first-order valence-corrected chi connectivity index (χ1v) is 8.15. The van der Waals surface area contributed by atoms with Crippen molar-refractivity contribution >= 4 is 28.5 Å². The number of hydrogen-bond acceptors (Lipinski definition) is 3. The van der Waals surface area contributed by atoms with Crippen LogP contribution in [-0.4, -0.2) is 35.0 Å². The molecule has 0 spiro atoms. The molecule has 1 aliphatic rings. The summed E-state index contributed by atoms with van der Waals surface area (Å²) in [6.07, 6.45) is -3.73. The standard InChI is InChI=1S/C16H12F3IN2O2/c17-16(18,19)11-4-5-21-14(7-11)24-13-8-22(9-13)15(23)10-2-1-3-12(20)6-10/h1-7,13H,8-9H2. The Bertz CT molecular complexity index is 761. The van der Waals surface area contributed by atoms with Gasteiger partial charge in [-0.1, -0.05) is 6.07 Å². The van der Waals surface area contributed by atoms with E-state index in [1.165, 1.54) is 0 Å². The fourth-order valence-corrected chi connectivity index (χ4v) is 2.85. The Hall–Kier alpha value is -1.84. The quantitative estimate of drug-likeness (QED) is 0.675. The number of benzene rings is 1. The molecule has 1 fully saturated rings. The van der Waals surface area contributed by atoms with Gasteiger partial charge in [0.1, 0.15) is 6.10 Å². The number of carbonyl (C=O) groups is 1. The molecular formula is C16H12F3IN2O2. The maximum atomic E-state index is 12.7. The Morgan fingerprint density at radius 1 is 1.25 bits per heavy atom. The molecule has 2 heterocycles. The number of likely N-dealkylation sites (tertiary alicyclic amines) is 1. The third-order valence-corrected chi connectivity index (χ3v) is 4.23. The van der Waals surface area contributed by atoms with Crippen LogP contribution in [-0.2, 0) is 6.18 Å². The summed E-state index contributed by atoms with van der Waals surface area (Å²) in [6, 6.07) is 8.96. The number of alkyl halides is 3. The van der Waals surface area contributed by atoms with E-state index in [-0.39, 0.29) is 17.9 Å². The lowest BCUT2D eigenvalue weighted by molar-refractivity contribution is -0.137. The maximum Gasteiger partial charge on any atom is 0.416 e. The average Bonchev–Trinajstić information content (AvgIpc) is 2.49. The summed E-state index contributed by atoms with van der Waals surface area (Å²) in [5.41, 5.74) is -0.226. The molecule has 1 aromatic carbocycles. The number of halogens is 4. The van der Waals surface area contributed by atoms with E-state index in [0.29, 0.717) is 18.7 Å². The molecule has 1 aliphatic heterocycles. The summed E-state index contributed by atoms with van der Waals surface area (Å²) < 4.78 is 44.3. The Labute approximate surface area is 149 Å². The van der Waals surface area contributed by atoms with Gasteiger partial charge in [0.25, 0.3) is 5.91 Å². The van der Waals surface area contributed by atoms with Gasteiger partial charge in [0.2, 0.25) is 5.88 Å². The van der Waals surface area contributed by atoms with E-state index in [1.807, 2.05) is 6.07 Å². The lowest BCUT2D eigenvalue weighted by Crippen LogP contribution is -2.56. The van der Waals surface area contributed by atoms with Crippen molar-refractivity contribution in [1.82, 2.24) is 9.88 Å². The van der Waals surface area contributed by atoms with E-state index in [2.05, 4.69) is 27.6 Å². The minimum atomic E-state index is -4.44. The van der Waals surface area contributed by atoms with Crippen LogP contribution in [0, 0.1) is 3.57 Å². The van der Waals surface area contributed by atoms with Gasteiger partial charge in [-0.25, -0.2) is 4.98 Å². The summed E-state index contributed by atoms with van der Waals surface area (Å²) in [5.74, 6) is -0.207. The normalized spacial score (nSPS) is 15.1. The van der Waals surface area contributed by atoms with E-state index in [9.17, 15) is 18.0 Å². The number of carbonyl (C=O) groups excluding carboxylic acids is 1. The van der Waals surface area contributed by atoms with Crippen LogP contribution in [0.15, 0.2) is 42.6 Å². The van der Waals surface area contributed by atoms with Gasteiger partial charge in [-0.2, -0.15) is 13.2 Å². The van der Waals surface area contributed by atoms with Crippen LogP contribution in [0.2, 0.25) is 0 Å². The van der Waals surface area contributed by atoms with Gasteiger partial charge in [-0.05, 0) is 46.9 Å². The number of pyridine rings is 1. The van der Waals surface area contributed by atoms with Crippen LogP contribution < -0.4 is 4.74 Å². The van der Waals surface area contributed by atoms with E-state index in [0.717, 1.165) is 21.9 Å². The highest BCUT2D eigenvalue weighted by Gasteiger charge is 2.34. The van der Waals surface area contributed by atoms with Crippen molar-refractivity contribution in [3.8, 4) is 5.88 Å². The number of hydrogen-bond donors (Lipinski definition) is 0. The summed E-state index contributed by atoms with van der Waals surface area (Å²) in [4.78, 5) is 17.6. The summed E-state index contributed by atoms with van der Waals surface area (Å²) in [6.45, 7) is 0.643. The molecule has 24 heavy (non-hydrogen) atoms. The second-order valence-corrected chi connectivity index (χ2v) is 6.59. The molecule has 1 saturated heterocycles. The van der Waals surface area contributed by atoms with Crippen LogP contribution in [0.5, 0.6) is 5.88 Å². The Kier molecular flexibility index (Phi) is 4.66. The highest BCUT2D eigenvalue weighted by Crippen LogP contribution is 2.31. The minimum absolute atomic E-state index is 0.0869. The van der Waals surface area contributed by atoms with Crippen molar-refractivity contribution in [2.75, 3.05) is 13.1 Å². The molecule has 4 nitrogen and oxygen atoms in total. The van der Waals surface area contributed by atoms with E-state index in [1.54, 1.807) is 23.1 Å². The van der Waals surface area contributed by atoms with Gasteiger partial charge < -0.3 is 9.64 Å². The van der Waals surface area contributed by atoms with Crippen LogP contribution in [0.3, 0.4) is 0 Å². The predicted molar refractivity (Wildman–Crippen MR) is 88.7 cm³/mol. The average molecular weight is 448 g/mol. The zero-order chi connectivity index (χ0) is 17.3. The zero-order valence-electron chi connectivity index (χ0n) is 12.3. The fraction of sp³-hybridized carbons (Fsp3) is 0.250. The third-order valence-electron chi connectivity index (χ3n) is 3.56. The van der Waals surface area contributed by atoms with Crippen molar-refractivity contribution in [2.24, 2.45) is 0 Å². The highest BCUT2D eigenvalue weighted by molar-refractivity contribution is 14.1. The molecule has 0 unspecified atom stereocenters. The first-order chi connectivity index (χ1) is 11.3. The van der Waals surface area contributed by atoms with Crippen LogP contribution in [0.4, 0.5) is 13.2 Å². The Morgan fingerprint density at radius 2 is 2.00 bits per heavy atom. The van der Waals surface area contributed by atoms with E-state index in [4.69, 9.17) is 4.74 Å². The monoisotopic (exact) mass is 448 g/mol. The molecular weight excluding hydrogens is 436 g/mol. The molecule has 126 valence electrons. The third kappa shape index (κ3) is 3.80. The van der Waals surface area contributed by atoms with Crippen LogP contribution >= 0.6 is 22.6 Å². The van der Waals surface area contributed by atoms with Crippen LogP contribution in [0.25, 0.3) is 0 Å². The number of amides is 1. The topological polar surface area (TPSA) is 42.4 Å². The highest BCUT2D eigenvalue weighted by atomic mass is 127.